The molecular formula is C24H20BrFN2O. The summed E-state index contributed by atoms with van der Waals surface area (Å²) >= 11 is 3.29. The van der Waals surface area contributed by atoms with Crippen LogP contribution in [0.15, 0.2) is 76.3 Å². The first-order valence-corrected chi connectivity index (χ1v) is 10.6. The molecular weight excluding hydrogens is 431 g/mol. The lowest BCUT2D eigenvalue weighted by atomic mass is 9.95. The Balaban J connectivity index is 1.57. The number of para-hydroxylation sites is 1. The summed E-state index contributed by atoms with van der Waals surface area (Å²) in [7, 11) is 0. The van der Waals surface area contributed by atoms with Crippen LogP contribution in [-0.4, -0.2) is 10.7 Å². The molecule has 0 spiro atoms. The topological polar surface area (TPSA) is 24.8 Å². The second-order valence-electron chi connectivity index (χ2n) is 7.38. The third kappa shape index (κ3) is 3.23. The lowest BCUT2D eigenvalue weighted by Crippen LogP contribution is -2.33. The van der Waals surface area contributed by atoms with Crippen LogP contribution in [0.5, 0.6) is 5.75 Å². The number of hydrazone groups is 1. The Hall–Kier alpha value is -2.66. The molecule has 0 N–H and O–H groups in total. The Kier molecular flexibility index (Phi) is 4.63. The van der Waals surface area contributed by atoms with Gasteiger partial charge in [-0.2, -0.15) is 5.10 Å². The SMILES string of the molecule is CCc1ccc(C2=NN3[C@H](C2)c2ccccc2O[C@H]3c2ccc(F)c(Br)c2)cc1. The third-order valence-electron chi connectivity index (χ3n) is 5.62. The number of halogens is 2. The number of fused-ring (bicyclic) bond motifs is 3. The zero-order valence-electron chi connectivity index (χ0n) is 16.0. The number of benzene rings is 3. The van der Waals surface area contributed by atoms with Gasteiger partial charge < -0.3 is 4.74 Å². The fraction of sp³-hybridized carbons (Fsp3) is 0.208. The van der Waals surface area contributed by atoms with Crippen molar-refractivity contribution in [2.45, 2.75) is 32.0 Å². The van der Waals surface area contributed by atoms with Crippen molar-refractivity contribution in [1.29, 1.82) is 0 Å². The summed E-state index contributed by atoms with van der Waals surface area (Å²) in [6.45, 7) is 2.15. The van der Waals surface area contributed by atoms with Crippen LogP contribution in [0, 0.1) is 5.82 Å². The van der Waals surface area contributed by atoms with Gasteiger partial charge in [-0.15, -0.1) is 0 Å². The van der Waals surface area contributed by atoms with Crippen molar-refractivity contribution >= 4 is 21.6 Å². The van der Waals surface area contributed by atoms with Gasteiger partial charge in [-0.25, -0.2) is 9.40 Å². The summed E-state index contributed by atoms with van der Waals surface area (Å²) in [6.07, 6.45) is 1.42. The van der Waals surface area contributed by atoms with Crippen molar-refractivity contribution in [2.24, 2.45) is 5.10 Å². The minimum absolute atomic E-state index is 0.0923. The average Bonchev–Trinajstić information content (AvgIpc) is 3.21. The summed E-state index contributed by atoms with van der Waals surface area (Å²) in [5.74, 6) is 0.570. The van der Waals surface area contributed by atoms with E-state index >= 15 is 0 Å². The Morgan fingerprint density at radius 1 is 1.10 bits per heavy atom. The molecule has 0 unspecified atom stereocenters. The predicted molar refractivity (Wildman–Crippen MR) is 115 cm³/mol. The van der Waals surface area contributed by atoms with Crippen LogP contribution in [0.25, 0.3) is 0 Å². The first-order valence-electron chi connectivity index (χ1n) is 9.79. The predicted octanol–water partition coefficient (Wildman–Crippen LogP) is 6.39. The monoisotopic (exact) mass is 450 g/mol. The van der Waals surface area contributed by atoms with Gasteiger partial charge in [-0.3, -0.25) is 0 Å². The van der Waals surface area contributed by atoms with Gasteiger partial charge in [0.05, 0.1) is 16.2 Å². The van der Waals surface area contributed by atoms with Crippen LogP contribution >= 0.6 is 15.9 Å². The highest BCUT2D eigenvalue weighted by Gasteiger charge is 2.40. The first-order chi connectivity index (χ1) is 14.1. The van der Waals surface area contributed by atoms with Crippen molar-refractivity contribution in [2.75, 3.05) is 0 Å². The maximum absolute atomic E-state index is 13.8. The van der Waals surface area contributed by atoms with Crippen LogP contribution in [0.4, 0.5) is 4.39 Å². The van der Waals surface area contributed by atoms with E-state index in [0.717, 1.165) is 41.0 Å². The van der Waals surface area contributed by atoms with Gasteiger partial charge in [0, 0.05) is 17.5 Å². The van der Waals surface area contributed by atoms with Crippen molar-refractivity contribution in [3.8, 4) is 5.75 Å². The maximum atomic E-state index is 13.8. The smallest absolute Gasteiger partial charge is 0.213 e. The Bertz CT molecular complexity index is 1100. The van der Waals surface area contributed by atoms with E-state index in [1.165, 1.54) is 11.6 Å². The van der Waals surface area contributed by atoms with E-state index in [4.69, 9.17) is 9.84 Å². The summed E-state index contributed by atoms with van der Waals surface area (Å²) in [4.78, 5) is 0. The third-order valence-corrected chi connectivity index (χ3v) is 6.23. The van der Waals surface area contributed by atoms with E-state index in [1.54, 1.807) is 12.1 Å². The molecule has 0 aromatic heterocycles. The minimum Gasteiger partial charge on any atom is -0.464 e. The number of rotatable bonds is 3. The number of nitrogens with zero attached hydrogens (tertiary/aromatic N) is 2. The second kappa shape index (κ2) is 7.30. The Labute approximate surface area is 177 Å². The molecule has 0 amide bonds. The van der Waals surface area contributed by atoms with Gasteiger partial charge in [0.25, 0.3) is 0 Å². The molecule has 2 aliphatic heterocycles. The molecule has 2 aliphatic rings. The molecule has 0 fully saturated rings. The molecule has 3 nitrogen and oxygen atoms in total. The van der Waals surface area contributed by atoms with Crippen molar-refractivity contribution < 1.29 is 9.13 Å². The highest BCUT2D eigenvalue weighted by atomic mass is 79.9. The van der Waals surface area contributed by atoms with Crippen molar-refractivity contribution in [1.82, 2.24) is 5.01 Å². The van der Waals surface area contributed by atoms with Crippen molar-refractivity contribution in [3.05, 3.63) is 99.3 Å². The number of hydrogen-bond acceptors (Lipinski definition) is 3. The van der Waals surface area contributed by atoms with Crippen LogP contribution < -0.4 is 4.74 Å². The Morgan fingerprint density at radius 2 is 1.90 bits per heavy atom. The molecule has 0 radical (unpaired) electrons. The largest absolute Gasteiger partial charge is 0.464 e. The van der Waals surface area contributed by atoms with Crippen LogP contribution in [0.2, 0.25) is 0 Å². The lowest BCUT2D eigenvalue weighted by Gasteiger charge is -2.38. The molecule has 5 rings (SSSR count). The maximum Gasteiger partial charge on any atom is 0.213 e. The zero-order valence-corrected chi connectivity index (χ0v) is 17.6. The van der Waals surface area contributed by atoms with Gasteiger partial charge >= 0.3 is 0 Å². The molecule has 146 valence electrons. The quantitative estimate of drug-likeness (QED) is 0.461. The average molecular weight is 451 g/mol. The van der Waals surface area contributed by atoms with Crippen LogP contribution in [0.1, 0.15) is 47.9 Å². The molecule has 0 saturated heterocycles. The fourth-order valence-corrected chi connectivity index (χ4v) is 4.42. The van der Waals surface area contributed by atoms with Gasteiger partial charge in [0.2, 0.25) is 6.23 Å². The summed E-state index contributed by atoms with van der Waals surface area (Å²) in [5, 5.41) is 6.98. The number of ether oxygens (including phenoxy) is 1. The van der Waals surface area contributed by atoms with Gasteiger partial charge in [-0.05, 0) is 51.7 Å². The molecule has 2 atom stereocenters. The van der Waals surface area contributed by atoms with E-state index < -0.39 is 6.23 Å². The normalized spacial score (nSPS) is 20.0. The van der Waals surface area contributed by atoms with Crippen molar-refractivity contribution in [3.63, 3.8) is 0 Å². The van der Waals surface area contributed by atoms with Crippen LogP contribution in [-0.2, 0) is 6.42 Å². The fourth-order valence-electron chi connectivity index (χ4n) is 4.03. The molecule has 2 heterocycles. The van der Waals surface area contributed by atoms with Gasteiger partial charge in [-0.1, -0.05) is 55.5 Å². The highest BCUT2D eigenvalue weighted by molar-refractivity contribution is 9.10. The molecule has 0 bridgehead atoms. The number of aryl methyl sites for hydroxylation is 1. The molecule has 3 aromatic carbocycles. The van der Waals surface area contributed by atoms with E-state index in [2.05, 4.69) is 53.2 Å². The standard InChI is InChI=1S/C24H20BrFN2O/c1-2-15-7-9-16(10-8-15)21-14-22-18-5-3-4-6-23(18)29-24(28(22)27-21)17-11-12-20(26)19(25)13-17/h3-13,22,24H,2,14H2,1H3/t22-,24+/m1/s1. The highest BCUT2D eigenvalue weighted by Crippen LogP contribution is 2.47. The van der Waals surface area contributed by atoms with E-state index in [0.29, 0.717) is 4.47 Å². The van der Waals surface area contributed by atoms with Crippen LogP contribution in [0.3, 0.4) is 0 Å². The minimum atomic E-state index is -0.404. The Morgan fingerprint density at radius 3 is 2.66 bits per heavy atom. The molecule has 29 heavy (non-hydrogen) atoms. The molecule has 3 aromatic rings. The lowest BCUT2D eigenvalue weighted by molar-refractivity contribution is -0.0191. The second-order valence-corrected chi connectivity index (χ2v) is 8.23. The first kappa shape index (κ1) is 18.4. The summed E-state index contributed by atoms with van der Waals surface area (Å²) in [6, 6.07) is 21.8. The van der Waals surface area contributed by atoms with Gasteiger partial charge in [0.1, 0.15) is 11.6 Å². The zero-order chi connectivity index (χ0) is 20.0. The number of hydrogen-bond donors (Lipinski definition) is 0. The van der Waals surface area contributed by atoms with Gasteiger partial charge in [0.15, 0.2) is 0 Å². The van der Waals surface area contributed by atoms with E-state index in [9.17, 15) is 4.39 Å². The summed E-state index contributed by atoms with van der Waals surface area (Å²) in [5.41, 5.74) is 5.49. The molecule has 0 saturated carbocycles. The molecule has 0 aliphatic carbocycles. The van der Waals surface area contributed by atoms with E-state index in [1.807, 2.05) is 23.2 Å². The van der Waals surface area contributed by atoms with E-state index in [-0.39, 0.29) is 11.9 Å². The molecule has 5 heteroatoms. The summed E-state index contributed by atoms with van der Waals surface area (Å²) < 4.78 is 20.5.